The van der Waals surface area contributed by atoms with Gasteiger partial charge in [0.2, 0.25) is 5.91 Å². The summed E-state index contributed by atoms with van der Waals surface area (Å²) in [5, 5.41) is 3.04. The third-order valence-electron chi connectivity index (χ3n) is 4.19. The molecule has 5 heteroatoms. The van der Waals surface area contributed by atoms with Crippen molar-refractivity contribution in [2.75, 3.05) is 32.8 Å². The molecule has 3 N–H and O–H groups in total. The molecule has 1 aliphatic heterocycles. The Morgan fingerprint density at radius 3 is 2.90 bits per heavy atom. The minimum absolute atomic E-state index is 0.111. The summed E-state index contributed by atoms with van der Waals surface area (Å²) in [6.45, 7) is 8.87. The van der Waals surface area contributed by atoms with Crippen molar-refractivity contribution in [3.8, 4) is 0 Å². The lowest BCUT2D eigenvalue weighted by Crippen LogP contribution is -2.49. The fourth-order valence-corrected chi connectivity index (χ4v) is 3.20. The number of carbonyl (C=O) groups is 1. The second kappa shape index (κ2) is 7.38. The molecule has 116 valence electrons. The zero-order chi connectivity index (χ0) is 14.5. The predicted molar refractivity (Wildman–Crippen MR) is 79.3 cm³/mol. The molecule has 1 amide bonds. The maximum atomic E-state index is 12.1. The molecule has 1 saturated carbocycles. The van der Waals surface area contributed by atoms with Gasteiger partial charge in [-0.05, 0) is 25.2 Å². The highest BCUT2D eigenvalue weighted by atomic mass is 16.5. The van der Waals surface area contributed by atoms with E-state index in [1.54, 1.807) is 0 Å². The molecule has 0 aromatic rings. The van der Waals surface area contributed by atoms with Gasteiger partial charge < -0.3 is 15.8 Å². The second-order valence-electron chi connectivity index (χ2n) is 6.66. The summed E-state index contributed by atoms with van der Waals surface area (Å²) in [4.78, 5) is 14.5. The van der Waals surface area contributed by atoms with Gasteiger partial charge in [0.05, 0.1) is 12.7 Å². The van der Waals surface area contributed by atoms with Gasteiger partial charge >= 0.3 is 0 Å². The van der Waals surface area contributed by atoms with Crippen LogP contribution in [-0.4, -0.2) is 55.7 Å². The molecular formula is C15H29N3O2. The van der Waals surface area contributed by atoms with Crippen LogP contribution in [0.4, 0.5) is 0 Å². The zero-order valence-corrected chi connectivity index (χ0v) is 12.8. The van der Waals surface area contributed by atoms with Crippen molar-refractivity contribution < 1.29 is 9.53 Å². The highest BCUT2D eigenvalue weighted by Crippen LogP contribution is 2.24. The van der Waals surface area contributed by atoms with E-state index < -0.39 is 0 Å². The SMILES string of the molecule is CC(C)CN1CCOC(CNC(=O)C2CCC(N)C2)C1. The van der Waals surface area contributed by atoms with Crippen LogP contribution in [0.5, 0.6) is 0 Å². The van der Waals surface area contributed by atoms with Crippen LogP contribution in [0.3, 0.4) is 0 Å². The molecule has 2 aliphatic rings. The Morgan fingerprint density at radius 1 is 1.45 bits per heavy atom. The van der Waals surface area contributed by atoms with Crippen LogP contribution in [0.25, 0.3) is 0 Å². The van der Waals surface area contributed by atoms with Gasteiger partial charge in [-0.2, -0.15) is 0 Å². The first kappa shape index (κ1) is 15.7. The van der Waals surface area contributed by atoms with E-state index in [1.165, 1.54) is 0 Å². The lowest BCUT2D eigenvalue weighted by molar-refractivity contribution is -0.126. The number of rotatable bonds is 5. The van der Waals surface area contributed by atoms with E-state index in [9.17, 15) is 4.79 Å². The van der Waals surface area contributed by atoms with E-state index >= 15 is 0 Å². The van der Waals surface area contributed by atoms with Gasteiger partial charge in [-0.25, -0.2) is 0 Å². The average Bonchev–Trinajstić information content (AvgIpc) is 2.82. The molecule has 1 aliphatic carbocycles. The Bertz CT molecular complexity index is 322. The van der Waals surface area contributed by atoms with Crippen molar-refractivity contribution in [1.82, 2.24) is 10.2 Å². The Labute approximate surface area is 122 Å². The van der Waals surface area contributed by atoms with Crippen LogP contribution in [0.15, 0.2) is 0 Å². The van der Waals surface area contributed by atoms with E-state index in [2.05, 4.69) is 24.1 Å². The molecule has 5 nitrogen and oxygen atoms in total. The molecule has 0 spiro atoms. The monoisotopic (exact) mass is 283 g/mol. The largest absolute Gasteiger partial charge is 0.374 e. The smallest absolute Gasteiger partial charge is 0.223 e. The topological polar surface area (TPSA) is 67.6 Å². The first-order chi connectivity index (χ1) is 9.54. The predicted octanol–water partition coefficient (Wildman–Crippen LogP) is 0.587. The summed E-state index contributed by atoms with van der Waals surface area (Å²) in [6.07, 6.45) is 2.86. The van der Waals surface area contributed by atoms with Crippen molar-refractivity contribution in [3.63, 3.8) is 0 Å². The van der Waals surface area contributed by atoms with Crippen LogP contribution in [0, 0.1) is 11.8 Å². The van der Waals surface area contributed by atoms with Crippen LogP contribution in [0.2, 0.25) is 0 Å². The molecule has 20 heavy (non-hydrogen) atoms. The lowest BCUT2D eigenvalue weighted by atomic mass is 10.1. The Kier molecular flexibility index (Phi) is 5.81. The highest BCUT2D eigenvalue weighted by molar-refractivity contribution is 5.79. The zero-order valence-electron chi connectivity index (χ0n) is 12.8. The molecule has 0 bridgehead atoms. The Hall–Kier alpha value is -0.650. The van der Waals surface area contributed by atoms with Crippen LogP contribution in [0.1, 0.15) is 33.1 Å². The number of nitrogens with zero attached hydrogens (tertiary/aromatic N) is 1. The van der Waals surface area contributed by atoms with E-state index in [4.69, 9.17) is 10.5 Å². The summed E-state index contributed by atoms with van der Waals surface area (Å²) >= 11 is 0. The van der Waals surface area contributed by atoms with E-state index in [1.807, 2.05) is 0 Å². The third-order valence-corrected chi connectivity index (χ3v) is 4.19. The van der Waals surface area contributed by atoms with E-state index in [0.29, 0.717) is 12.5 Å². The first-order valence-corrected chi connectivity index (χ1v) is 7.92. The number of carbonyl (C=O) groups excluding carboxylic acids is 1. The quantitative estimate of drug-likeness (QED) is 0.775. The van der Waals surface area contributed by atoms with Crippen LogP contribution >= 0.6 is 0 Å². The van der Waals surface area contributed by atoms with Crippen molar-refractivity contribution in [1.29, 1.82) is 0 Å². The summed E-state index contributed by atoms with van der Waals surface area (Å²) in [5.74, 6) is 0.936. The van der Waals surface area contributed by atoms with Crippen molar-refractivity contribution in [3.05, 3.63) is 0 Å². The maximum absolute atomic E-state index is 12.1. The molecule has 2 rings (SSSR count). The summed E-state index contributed by atoms with van der Waals surface area (Å²) in [7, 11) is 0. The molecule has 1 heterocycles. The summed E-state index contributed by atoms with van der Waals surface area (Å²) < 4.78 is 5.74. The number of hydrogen-bond donors (Lipinski definition) is 2. The first-order valence-electron chi connectivity index (χ1n) is 7.92. The number of amides is 1. The van der Waals surface area contributed by atoms with Gasteiger partial charge in [0.1, 0.15) is 0 Å². The van der Waals surface area contributed by atoms with Crippen LogP contribution in [-0.2, 0) is 9.53 Å². The maximum Gasteiger partial charge on any atom is 0.223 e. The molecule has 3 unspecified atom stereocenters. The fourth-order valence-electron chi connectivity index (χ4n) is 3.20. The summed E-state index contributed by atoms with van der Waals surface area (Å²) in [6, 6.07) is 0.207. The molecule has 0 radical (unpaired) electrons. The average molecular weight is 283 g/mol. The van der Waals surface area contributed by atoms with Gasteiger partial charge in [0.25, 0.3) is 0 Å². The van der Waals surface area contributed by atoms with Crippen molar-refractivity contribution >= 4 is 5.91 Å². The molecule has 3 atom stereocenters. The van der Waals surface area contributed by atoms with E-state index in [0.717, 1.165) is 45.5 Å². The lowest BCUT2D eigenvalue weighted by Gasteiger charge is -2.34. The minimum atomic E-state index is 0.111. The Morgan fingerprint density at radius 2 is 2.25 bits per heavy atom. The standard InChI is InChI=1S/C15H29N3O2/c1-11(2)9-18-5-6-20-14(10-18)8-17-15(19)12-3-4-13(16)7-12/h11-14H,3-10,16H2,1-2H3,(H,17,19). The second-order valence-corrected chi connectivity index (χ2v) is 6.66. The summed E-state index contributed by atoms with van der Waals surface area (Å²) in [5.41, 5.74) is 5.86. The number of nitrogens with two attached hydrogens (primary N) is 1. The van der Waals surface area contributed by atoms with Gasteiger partial charge in [0, 0.05) is 38.1 Å². The van der Waals surface area contributed by atoms with Crippen LogP contribution < -0.4 is 11.1 Å². The number of ether oxygens (including phenoxy) is 1. The molecule has 0 aromatic heterocycles. The highest BCUT2D eigenvalue weighted by Gasteiger charge is 2.28. The third kappa shape index (κ3) is 4.72. The molecule has 0 aromatic carbocycles. The molecule has 2 fully saturated rings. The van der Waals surface area contributed by atoms with E-state index in [-0.39, 0.29) is 24.0 Å². The van der Waals surface area contributed by atoms with Crippen molar-refractivity contribution in [2.45, 2.75) is 45.3 Å². The Balaban J connectivity index is 1.69. The van der Waals surface area contributed by atoms with Crippen molar-refractivity contribution in [2.24, 2.45) is 17.6 Å². The van der Waals surface area contributed by atoms with Gasteiger partial charge in [-0.15, -0.1) is 0 Å². The number of morpholine rings is 1. The molecular weight excluding hydrogens is 254 g/mol. The fraction of sp³-hybridized carbons (Fsp3) is 0.933. The van der Waals surface area contributed by atoms with Gasteiger partial charge in [-0.1, -0.05) is 13.8 Å². The number of hydrogen-bond acceptors (Lipinski definition) is 4. The van der Waals surface area contributed by atoms with Gasteiger partial charge in [0.15, 0.2) is 0 Å². The van der Waals surface area contributed by atoms with Gasteiger partial charge in [-0.3, -0.25) is 9.69 Å². The molecule has 1 saturated heterocycles. The minimum Gasteiger partial charge on any atom is -0.374 e. The normalized spacial score (nSPS) is 31.7. The number of nitrogens with one attached hydrogen (secondary N) is 1.